The summed E-state index contributed by atoms with van der Waals surface area (Å²) in [5.74, 6) is -0.219. The first-order valence-electron chi connectivity index (χ1n) is 18.1. The third-order valence-corrected chi connectivity index (χ3v) is 9.98. The molecule has 10 nitrogen and oxygen atoms in total. The van der Waals surface area contributed by atoms with Crippen molar-refractivity contribution in [2.45, 2.75) is 58.2 Å². The van der Waals surface area contributed by atoms with Crippen molar-refractivity contribution in [2.24, 2.45) is 4.99 Å². The molecule has 0 spiro atoms. The maximum Gasteiger partial charge on any atom is 0.254 e. The summed E-state index contributed by atoms with van der Waals surface area (Å²) in [5.41, 5.74) is 5.37. The van der Waals surface area contributed by atoms with Gasteiger partial charge in [0.1, 0.15) is 6.04 Å². The normalized spacial score (nSPS) is 14.1. The Kier molecular flexibility index (Phi) is 10.1. The largest absolute Gasteiger partial charge is 0.371 e. The molecule has 1 atom stereocenters. The van der Waals surface area contributed by atoms with Crippen molar-refractivity contribution in [1.82, 2.24) is 20.4 Å². The van der Waals surface area contributed by atoms with Gasteiger partial charge in [0.2, 0.25) is 5.91 Å². The van der Waals surface area contributed by atoms with Gasteiger partial charge in [-0.1, -0.05) is 77.9 Å². The predicted octanol–water partition coefficient (Wildman–Crippen LogP) is 8.64. The van der Waals surface area contributed by atoms with Crippen LogP contribution in [0.1, 0.15) is 77.9 Å². The van der Waals surface area contributed by atoms with Crippen LogP contribution in [0.5, 0.6) is 0 Å². The summed E-state index contributed by atoms with van der Waals surface area (Å²) in [4.78, 5) is 44.9. The van der Waals surface area contributed by atoms with Crippen LogP contribution < -0.4 is 10.6 Å². The van der Waals surface area contributed by atoms with E-state index >= 15 is 0 Å². The Bertz CT molecular complexity index is 2510. The lowest BCUT2D eigenvalue weighted by atomic mass is 9.93. The lowest BCUT2D eigenvalue weighted by molar-refractivity contribution is -0.125. The molecule has 3 heterocycles. The quantitative estimate of drug-likeness (QED) is 0.128. The number of para-hydroxylation sites is 1. The highest BCUT2D eigenvalue weighted by Crippen LogP contribution is 2.41. The molecule has 55 heavy (non-hydrogen) atoms. The summed E-state index contributed by atoms with van der Waals surface area (Å²) in [7, 11) is 0. The van der Waals surface area contributed by atoms with E-state index in [1.807, 2.05) is 107 Å². The molecule has 1 aliphatic heterocycles. The Labute approximate surface area is 324 Å². The molecule has 7 rings (SSSR count). The number of aromatic nitrogens is 2. The van der Waals surface area contributed by atoms with Crippen molar-refractivity contribution in [1.29, 1.82) is 0 Å². The van der Waals surface area contributed by atoms with Crippen LogP contribution in [0.15, 0.2) is 113 Å². The number of hydrogen-bond donors (Lipinski definition) is 2. The van der Waals surface area contributed by atoms with Crippen molar-refractivity contribution < 1.29 is 23.6 Å². The van der Waals surface area contributed by atoms with Gasteiger partial charge in [-0.3, -0.25) is 23.9 Å². The minimum absolute atomic E-state index is 0.0142. The minimum atomic E-state index is -0.773. The van der Waals surface area contributed by atoms with E-state index in [-0.39, 0.29) is 37.3 Å². The first-order valence-corrected chi connectivity index (χ1v) is 18.5. The van der Waals surface area contributed by atoms with Crippen LogP contribution in [-0.2, 0) is 9.53 Å². The summed E-state index contributed by atoms with van der Waals surface area (Å²) in [6.45, 7) is 13.5. The molecule has 0 fully saturated rings. The fourth-order valence-corrected chi connectivity index (χ4v) is 7.14. The van der Waals surface area contributed by atoms with Gasteiger partial charge in [0.25, 0.3) is 11.8 Å². The molecule has 280 valence electrons. The van der Waals surface area contributed by atoms with E-state index in [1.165, 1.54) is 6.08 Å². The van der Waals surface area contributed by atoms with Gasteiger partial charge < -0.3 is 19.9 Å². The zero-order valence-electron chi connectivity index (χ0n) is 31.4. The number of amides is 2. The van der Waals surface area contributed by atoms with Gasteiger partial charge in [-0.05, 0) is 82.7 Å². The van der Waals surface area contributed by atoms with Crippen molar-refractivity contribution in [2.75, 3.05) is 13.2 Å². The topological polar surface area (TPSA) is 128 Å². The number of carbonyl (C=O) groups is 3. The van der Waals surface area contributed by atoms with E-state index in [1.54, 1.807) is 22.8 Å². The molecule has 6 aromatic rings. The minimum Gasteiger partial charge on any atom is -0.371 e. The van der Waals surface area contributed by atoms with E-state index < -0.39 is 17.2 Å². The van der Waals surface area contributed by atoms with Gasteiger partial charge >= 0.3 is 0 Å². The summed E-state index contributed by atoms with van der Waals surface area (Å²) < 4.78 is 13.8. The Balaban J connectivity index is 1.02. The second kappa shape index (κ2) is 14.8. The molecule has 0 saturated carbocycles. The number of aliphatic imine (C=N–C) groups is 1. The van der Waals surface area contributed by atoms with Crippen LogP contribution >= 0.6 is 11.6 Å². The van der Waals surface area contributed by atoms with Gasteiger partial charge in [-0.15, -0.1) is 0 Å². The van der Waals surface area contributed by atoms with Crippen molar-refractivity contribution in [3.63, 3.8) is 0 Å². The van der Waals surface area contributed by atoms with E-state index in [0.29, 0.717) is 21.9 Å². The lowest BCUT2D eigenvalue weighted by Gasteiger charge is -2.33. The van der Waals surface area contributed by atoms with E-state index in [9.17, 15) is 14.4 Å². The average Bonchev–Trinajstić information content (AvgIpc) is 3.67. The maximum absolute atomic E-state index is 13.7. The average molecular weight is 756 g/mol. The molecule has 2 N–H and O–H groups in total. The molecule has 0 bridgehead atoms. The summed E-state index contributed by atoms with van der Waals surface area (Å²) >= 11 is 6.22. The Morgan fingerprint density at radius 2 is 1.62 bits per heavy atom. The summed E-state index contributed by atoms with van der Waals surface area (Å²) in [5, 5.41) is 12.6. The van der Waals surface area contributed by atoms with Gasteiger partial charge in [0.05, 0.1) is 52.2 Å². The van der Waals surface area contributed by atoms with Crippen molar-refractivity contribution in [3.05, 3.63) is 137 Å². The number of carbonyl (C=O) groups excluding carboxylic acids is 3. The Morgan fingerprint density at radius 3 is 2.36 bits per heavy atom. The zero-order chi connectivity index (χ0) is 39.1. The second-order valence-electron chi connectivity index (χ2n) is 15.0. The molecule has 1 unspecified atom stereocenters. The zero-order valence-corrected chi connectivity index (χ0v) is 32.2. The number of aryl methyl sites for hydroxylation is 1. The molecule has 1 aliphatic rings. The fraction of sp³-hybridized carbons (Fsp3) is 0.250. The molecule has 0 aliphatic carbocycles. The number of allylic oxidation sites excluding steroid dienone is 1. The Morgan fingerprint density at radius 1 is 0.927 bits per heavy atom. The number of nitrogens with one attached hydrogen (secondary N) is 2. The number of nitrogens with zero attached hydrogens (tertiary/aromatic N) is 3. The predicted molar refractivity (Wildman–Crippen MR) is 216 cm³/mol. The summed E-state index contributed by atoms with van der Waals surface area (Å²) in [6, 6.07) is 27.6. The number of ether oxygens (including phenoxy) is 1. The van der Waals surface area contributed by atoms with E-state index in [4.69, 9.17) is 25.9 Å². The van der Waals surface area contributed by atoms with Crippen LogP contribution in [0.3, 0.4) is 0 Å². The molecule has 11 heteroatoms. The third-order valence-electron chi connectivity index (χ3n) is 9.73. The van der Waals surface area contributed by atoms with Crippen LogP contribution in [0, 0.1) is 6.92 Å². The van der Waals surface area contributed by atoms with Gasteiger partial charge in [0.15, 0.2) is 5.76 Å². The standard InChI is InChI=1S/C44H42ClN5O5/c1-7-38(52)50-35-15-11-10-12-30(35)33-22-28(18-21-36(33)50)42(53)46-24-44(5,6)54-25-43(3,4)48-37(51)23-34-41-39(26(2)49-55-41)31-13-8-9-14-32(31)40(47-34)27-16-19-29(45)20-17-27/h7-22,34H,1,23-25H2,2-6H3,(H,46,53)(H,48,51). The smallest absolute Gasteiger partial charge is 0.254 e. The number of fused-ring (bicyclic) bond motifs is 6. The molecule has 0 radical (unpaired) electrons. The first-order chi connectivity index (χ1) is 26.2. The monoisotopic (exact) mass is 755 g/mol. The summed E-state index contributed by atoms with van der Waals surface area (Å²) in [6.07, 6.45) is 1.29. The first kappa shape index (κ1) is 37.5. The number of hydrogen-bond acceptors (Lipinski definition) is 7. The van der Waals surface area contributed by atoms with Crippen LogP contribution in [0.4, 0.5) is 0 Å². The lowest BCUT2D eigenvalue weighted by Crippen LogP contribution is -2.50. The van der Waals surface area contributed by atoms with E-state index in [0.717, 1.165) is 49.9 Å². The van der Waals surface area contributed by atoms with Crippen molar-refractivity contribution in [3.8, 4) is 11.1 Å². The number of rotatable bonds is 11. The highest BCUT2D eigenvalue weighted by Gasteiger charge is 2.33. The fourth-order valence-electron chi connectivity index (χ4n) is 7.02. The van der Waals surface area contributed by atoms with Gasteiger partial charge in [-0.2, -0.15) is 0 Å². The molecular weight excluding hydrogens is 714 g/mol. The highest BCUT2D eigenvalue weighted by atomic mass is 35.5. The van der Waals surface area contributed by atoms with Crippen LogP contribution in [0.2, 0.25) is 5.02 Å². The molecule has 4 aromatic carbocycles. The van der Waals surface area contributed by atoms with E-state index in [2.05, 4.69) is 22.4 Å². The SMILES string of the molecule is C=CC(=O)n1c2ccccc2c2cc(C(=O)NCC(C)(C)OCC(C)(C)NC(=O)CC3N=C(c4ccc(Cl)cc4)c4ccccc4-c4c(C)noc43)ccc21. The molecular formula is C44H42ClN5O5. The van der Waals surface area contributed by atoms with Crippen molar-refractivity contribution >= 4 is 56.8 Å². The number of halogens is 1. The molecule has 2 aromatic heterocycles. The third kappa shape index (κ3) is 7.61. The maximum atomic E-state index is 13.7. The van der Waals surface area contributed by atoms with Gasteiger partial charge in [-0.25, -0.2) is 0 Å². The second-order valence-corrected chi connectivity index (χ2v) is 15.5. The van der Waals surface area contributed by atoms with Crippen LogP contribution in [-0.4, -0.2) is 57.4 Å². The van der Waals surface area contributed by atoms with Gasteiger partial charge in [0, 0.05) is 39.0 Å². The molecule has 2 amide bonds. The number of benzene rings is 4. The Hall–Kier alpha value is -5.84. The van der Waals surface area contributed by atoms with Crippen LogP contribution in [0.25, 0.3) is 32.9 Å². The molecule has 0 saturated heterocycles. The highest BCUT2D eigenvalue weighted by molar-refractivity contribution is 6.30.